The van der Waals surface area contributed by atoms with E-state index in [4.69, 9.17) is 23.7 Å². The number of hydrogen-bond acceptors (Lipinski definition) is 6. The highest BCUT2D eigenvalue weighted by Crippen LogP contribution is 2.29. The van der Waals surface area contributed by atoms with Gasteiger partial charge in [-0.3, -0.25) is 0 Å². The zero-order valence-corrected chi connectivity index (χ0v) is 20.4. The number of rotatable bonds is 13. The molecule has 5 atom stereocenters. The van der Waals surface area contributed by atoms with Crippen LogP contribution in [0, 0.1) is 0 Å². The molecule has 0 spiro atoms. The molecule has 3 aromatic carbocycles. The molecular formula is C30H34O6. The number of aliphatic hydroxyl groups excluding tert-OH is 1. The molecule has 1 aliphatic rings. The summed E-state index contributed by atoms with van der Waals surface area (Å²) in [6, 6.07) is 29.6. The molecule has 1 saturated heterocycles. The van der Waals surface area contributed by atoms with Crippen LogP contribution in [0.15, 0.2) is 104 Å². The molecule has 0 saturated carbocycles. The van der Waals surface area contributed by atoms with E-state index in [1.54, 1.807) is 6.08 Å². The predicted octanol–water partition coefficient (Wildman–Crippen LogP) is 4.66. The average Bonchev–Trinajstić information content (AvgIpc) is 2.92. The first-order valence-corrected chi connectivity index (χ1v) is 12.2. The second-order valence-electron chi connectivity index (χ2n) is 8.67. The Balaban J connectivity index is 1.49. The second kappa shape index (κ2) is 14.0. The topological polar surface area (TPSA) is 66.4 Å². The van der Waals surface area contributed by atoms with Gasteiger partial charge in [0.25, 0.3) is 0 Å². The first-order valence-electron chi connectivity index (χ1n) is 12.2. The summed E-state index contributed by atoms with van der Waals surface area (Å²) >= 11 is 0. The standard InChI is InChI=1S/C30H34O6/c1-2-18-33-28-27(34-20-24-14-8-4-9-15-24)26(22-32-19-23-12-6-3-7-13-23)36-30(31)29(28)35-21-25-16-10-5-11-17-25/h2-17,26-31H,1,18-22H2/t26-,27-,28+,29+,30+/m1/s1. The van der Waals surface area contributed by atoms with Gasteiger partial charge in [-0.2, -0.15) is 0 Å². The van der Waals surface area contributed by atoms with Gasteiger partial charge in [0, 0.05) is 0 Å². The van der Waals surface area contributed by atoms with E-state index in [-0.39, 0.29) is 13.2 Å². The SMILES string of the molecule is C=CCO[C@@H]1[C@H](OCc2ccccc2)[C@@H](O)O[C@H](COCc2ccccc2)[C@H]1OCc1ccccc1. The first-order chi connectivity index (χ1) is 17.7. The smallest absolute Gasteiger partial charge is 0.184 e. The van der Waals surface area contributed by atoms with E-state index in [1.165, 1.54) is 0 Å². The maximum absolute atomic E-state index is 10.9. The summed E-state index contributed by atoms with van der Waals surface area (Å²) in [5, 5.41) is 10.9. The Kier molecular flexibility index (Phi) is 10.2. The third kappa shape index (κ3) is 7.58. The summed E-state index contributed by atoms with van der Waals surface area (Å²) in [6.07, 6.45) is -1.97. The van der Waals surface area contributed by atoms with E-state index in [1.807, 2.05) is 91.0 Å². The number of hydrogen-bond donors (Lipinski definition) is 1. The highest BCUT2D eigenvalue weighted by molar-refractivity contribution is 5.15. The lowest BCUT2D eigenvalue weighted by Crippen LogP contribution is -2.61. The van der Waals surface area contributed by atoms with Gasteiger partial charge in [-0.1, -0.05) is 97.1 Å². The minimum atomic E-state index is -1.20. The third-order valence-electron chi connectivity index (χ3n) is 5.98. The summed E-state index contributed by atoms with van der Waals surface area (Å²) in [5.41, 5.74) is 3.07. The van der Waals surface area contributed by atoms with Crippen molar-refractivity contribution >= 4 is 0 Å². The third-order valence-corrected chi connectivity index (χ3v) is 5.98. The van der Waals surface area contributed by atoms with Crippen LogP contribution in [0.5, 0.6) is 0 Å². The van der Waals surface area contributed by atoms with Crippen LogP contribution in [0.4, 0.5) is 0 Å². The largest absolute Gasteiger partial charge is 0.374 e. The normalized spacial score (nSPS) is 23.9. The van der Waals surface area contributed by atoms with Crippen molar-refractivity contribution in [3.05, 3.63) is 120 Å². The zero-order valence-electron chi connectivity index (χ0n) is 20.4. The van der Waals surface area contributed by atoms with Crippen LogP contribution < -0.4 is 0 Å². The maximum Gasteiger partial charge on any atom is 0.184 e. The minimum Gasteiger partial charge on any atom is -0.374 e. The van der Waals surface area contributed by atoms with Gasteiger partial charge in [-0.05, 0) is 16.7 Å². The van der Waals surface area contributed by atoms with Gasteiger partial charge >= 0.3 is 0 Å². The van der Waals surface area contributed by atoms with E-state index in [9.17, 15) is 5.11 Å². The molecule has 6 heteroatoms. The fraction of sp³-hybridized carbons (Fsp3) is 0.333. The molecule has 0 unspecified atom stereocenters. The van der Waals surface area contributed by atoms with E-state index in [0.29, 0.717) is 19.8 Å². The fourth-order valence-electron chi connectivity index (χ4n) is 4.18. The van der Waals surface area contributed by atoms with Gasteiger partial charge < -0.3 is 28.8 Å². The fourth-order valence-corrected chi connectivity index (χ4v) is 4.18. The molecule has 190 valence electrons. The lowest BCUT2D eigenvalue weighted by molar-refractivity contribution is -0.314. The Hall–Kier alpha value is -2.84. The van der Waals surface area contributed by atoms with Gasteiger partial charge in [0.2, 0.25) is 0 Å². The molecule has 0 aromatic heterocycles. The van der Waals surface area contributed by atoms with Crippen molar-refractivity contribution in [3.63, 3.8) is 0 Å². The molecule has 4 rings (SSSR count). The van der Waals surface area contributed by atoms with Crippen LogP contribution in [0.2, 0.25) is 0 Å². The van der Waals surface area contributed by atoms with Crippen molar-refractivity contribution in [2.45, 2.75) is 50.5 Å². The van der Waals surface area contributed by atoms with Gasteiger partial charge in [0.15, 0.2) is 6.29 Å². The molecule has 3 aromatic rings. The molecule has 6 nitrogen and oxygen atoms in total. The first kappa shape index (κ1) is 26.2. The summed E-state index contributed by atoms with van der Waals surface area (Å²) in [6.45, 7) is 5.38. The van der Waals surface area contributed by atoms with Crippen LogP contribution in [0.1, 0.15) is 16.7 Å². The molecule has 0 aliphatic carbocycles. The van der Waals surface area contributed by atoms with Crippen molar-refractivity contribution in [3.8, 4) is 0 Å². The van der Waals surface area contributed by atoms with Crippen LogP contribution in [0.25, 0.3) is 0 Å². The lowest BCUT2D eigenvalue weighted by Gasteiger charge is -2.44. The summed E-state index contributed by atoms with van der Waals surface area (Å²) in [4.78, 5) is 0. The van der Waals surface area contributed by atoms with Crippen LogP contribution in [-0.2, 0) is 43.5 Å². The highest BCUT2D eigenvalue weighted by atomic mass is 16.7. The molecule has 1 fully saturated rings. The van der Waals surface area contributed by atoms with E-state index in [0.717, 1.165) is 16.7 Å². The van der Waals surface area contributed by atoms with Gasteiger partial charge in [0.05, 0.1) is 33.0 Å². The number of ether oxygens (including phenoxy) is 5. The van der Waals surface area contributed by atoms with Gasteiger partial charge in [-0.15, -0.1) is 6.58 Å². The molecule has 1 aliphatic heterocycles. The Morgan fingerprint density at radius 2 is 1.17 bits per heavy atom. The number of benzene rings is 3. The minimum absolute atomic E-state index is 0.227. The Morgan fingerprint density at radius 3 is 1.69 bits per heavy atom. The van der Waals surface area contributed by atoms with Gasteiger partial charge in [-0.25, -0.2) is 0 Å². The van der Waals surface area contributed by atoms with Crippen LogP contribution in [-0.4, -0.2) is 49.0 Å². The van der Waals surface area contributed by atoms with Crippen LogP contribution in [0.3, 0.4) is 0 Å². The van der Waals surface area contributed by atoms with Crippen molar-refractivity contribution in [1.82, 2.24) is 0 Å². The van der Waals surface area contributed by atoms with E-state index >= 15 is 0 Å². The lowest BCUT2D eigenvalue weighted by atomic mass is 9.98. The Bertz CT molecular complexity index is 1010. The molecule has 36 heavy (non-hydrogen) atoms. The average molecular weight is 491 g/mol. The summed E-state index contributed by atoms with van der Waals surface area (Å²) in [7, 11) is 0. The molecule has 0 bridgehead atoms. The highest BCUT2D eigenvalue weighted by Gasteiger charge is 2.47. The summed E-state index contributed by atoms with van der Waals surface area (Å²) < 4.78 is 30.6. The monoisotopic (exact) mass is 490 g/mol. The molecule has 0 radical (unpaired) electrons. The Morgan fingerprint density at radius 1 is 0.667 bits per heavy atom. The van der Waals surface area contributed by atoms with Crippen molar-refractivity contribution in [1.29, 1.82) is 0 Å². The Labute approximate surface area is 213 Å². The zero-order chi connectivity index (χ0) is 25.0. The summed E-state index contributed by atoms with van der Waals surface area (Å²) in [5.74, 6) is 0. The van der Waals surface area contributed by atoms with Crippen molar-refractivity contribution < 1.29 is 28.8 Å². The molecule has 1 heterocycles. The van der Waals surface area contributed by atoms with Crippen LogP contribution >= 0.6 is 0 Å². The number of aliphatic hydroxyl groups is 1. The van der Waals surface area contributed by atoms with Crippen molar-refractivity contribution in [2.24, 2.45) is 0 Å². The molecule has 0 amide bonds. The van der Waals surface area contributed by atoms with E-state index < -0.39 is 30.7 Å². The maximum atomic E-state index is 10.9. The van der Waals surface area contributed by atoms with Crippen molar-refractivity contribution in [2.75, 3.05) is 13.2 Å². The van der Waals surface area contributed by atoms with Gasteiger partial charge in [0.1, 0.15) is 24.4 Å². The van der Waals surface area contributed by atoms with E-state index in [2.05, 4.69) is 6.58 Å². The second-order valence-corrected chi connectivity index (χ2v) is 8.67. The molecular weight excluding hydrogens is 456 g/mol. The molecule has 1 N–H and O–H groups in total. The predicted molar refractivity (Wildman–Crippen MR) is 137 cm³/mol. The quantitative estimate of drug-likeness (QED) is 0.352.